The topological polar surface area (TPSA) is 52.6 Å². The summed E-state index contributed by atoms with van der Waals surface area (Å²) in [5, 5.41) is 0. The third-order valence-electron chi connectivity index (χ3n) is 2.61. The van der Waals surface area contributed by atoms with Crippen LogP contribution in [0, 0.1) is 5.92 Å². The first kappa shape index (κ1) is 15.1. The largest absolute Gasteiger partial charge is 0.466 e. The van der Waals surface area contributed by atoms with E-state index in [0.29, 0.717) is 6.61 Å². The lowest BCUT2D eigenvalue weighted by Gasteiger charge is -2.19. The van der Waals surface area contributed by atoms with Crippen molar-refractivity contribution in [2.45, 2.75) is 46.1 Å². The van der Waals surface area contributed by atoms with E-state index < -0.39 is 6.10 Å². The summed E-state index contributed by atoms with van der Waals surface area (Å²) in [6.45, 7) is 6.08. The fourth-order valence-corrected chi connectivity index (χ4v) is 1.50. The van der Waals surface area contributed by atoms with Crippen molar-refractivity contribution in [3.05, 3.63) is 0 Å². The van der Waals surface area contributed by atoms with Gasteiger partial charge in [0.2, 0.25) is 0 Å². The Morgan fingerprint density at radius 2 is 1.81 bits per heavy atom. The predicted molar refractivity (Wildman–Crippen MR) is 61.1 cm³/mol. The highest BCUT2D eigenvalue weighted by Gasteiger charge is 2.23. The average Bonchev–Trinajstić information content (AvgIpc) is 2.27. The van der Waals surface area contributed by atoms with Crippen molar-refractivity contribution in [3.63, 3.8) is 0 Å². The molecule has 0 saturated heterocycles. The van der Waals surface area contributed by atoms with Crippen LogP contribution in [0.2, 0.25) is 0 Å². The van der Waals surface area contributed by atoms with Crippen molar-refractivity contribution in [2.75, 3.05) is 13.7 Å². The summed E-state index contributed by atoms with van der Waals surface area (Å²) in [6, 6.07) is 0. The number of esters is 1. The van der Waals surface area contributed by atoms with E-state index in [9.17, 15) is 9.59 Å². The van der Waals surface area contributed by atoms with Crippen molar-refractivity contribution in [1.82, 2.24) is 0 Å². The minimum atomic E-state index is -0.403. The summed E-state index contributed by atoms with van der Waals surface area (Å²) in [7, 11) is 1.53. The zero-order valence-corrected chi connectivity index (χ0v) is 10.6. The van der Waals surface area contributed by atoms with Gasteiger partial charge in [0.05, 0.1) is 13.0 Å². The van der Waals surface area contributed by atoms with Gasteiger partial charge in [-0.15, -0.1) is 0 Å². The molecule has 0 bridgehead atoms. The molecular weight excluding hydrogens is 208 g/mol. The van der Waals surface area contributed by atoms with Crippen LogP contribution in [-0.4, -0.2) is 31.6 Å². The van der Waals surface area contributed by atoms with Crippen LogP contribution in [-0.2, 0) is 19.1 Å². The van der Waals surface area contributed by atoms with Gasteiger partial charge in [-0.3, -0.25) is 9.59 Å². The van der Waals surface area contributed by atoms with Gasteiger partial charge in [0.1, 0.15) is 6.10 Å². The Morgan fingerprint density at radius 1 is 1.19 bits per heavy atom. The number of rotatable bonds is 8. The quantitative estimate of drug-likeness (QED) is 0.598. The first-order valence-electron chi connectivity index (χ1n) is 5.77. The van der Waals surface area contributed by atoms with Gasteiger partial charge in [-0.1, -0.05) is 20.3 Å². The zero-order valence-electron chi connectivity index (χ0n) is 10.6. The summed E-state index contributed by atoms with van der Waals surface area (Å²) < 4.78 is 9.92. The third kappa shape index (κ3) is 5.26. The maximum atomic E-state index is 11.8. The average molecular weight is 230 g/mol. The molecule has 0 aliphatic heterocycles. The van der Waals surface area contributed by atoms with E-state index in [4.69, 9.17) is 9.47 Å². The Balaban J connectivity index is 4.07. The maximum absolute atomic E-state index is 11.8. The van der Waals surface area contributed by atoms with Crippen LogP contribution in [0.15, 0.2) is 0 Å². The van der Waals surface area contributed by atoms with Crippen LogP contribution in [0.1, 0.15) is 40.0 Å². The van der Waals surface area contributed by atoms with Crippen LogP contribution in [0.4, 0.5) is 0 Å². The standard InChI is InChI=1S/C12H22O4/c1-5-9(3)12(15-4)10(13)7-8-11(14)16-6-2/h9,12H,5-8H2,1-4H3. The molecule has 0 rings (SSSR count). The van der Waals surface area contributed by atoms with Crippen LogP contribution < -0.4 is 0 Å². The van der Waals surface area contributed by atoms with Gasteiger partial charge in [-0.2, -0.15) is 0 Å². The molecule has 0 aliphatic carbocycles. The molecule has 94 valence electrons. The number of Topliss-reactive ketones (excluding diaryl/α,β-unsaturated/α-hetero) is 1. The number of ketones is 1. The molecule has 0 fully saturated rings. The van der Waals surface area contributed by atoms with Gasteiger partial charge < -0.3 is 9.47 Å². The van der Waals surface area contributed by atoms with Crippen molar-refractivity contribution < 1.29 is 19.1 Å². The van der Waals surface area contributed by atoms with E-state index in [2.05, 4.69) is 0 Å². The van der Waals surface area contributed by atoms with E-state index in [1.54, 1.807) is 6.92 Å². The highest BCUT2D eigenvalue weighted by molar-refractivity contribution is 5.86. The fourth-order valence-electron chi connectivity index (χ4n) is 1.50. The lowest BCUT2D eigenvalue weighted by molar-refractivity contribution is -0.145. The van der Waals surface area contributed by atoms with Gasteiger partial charge in [0.25, 0.3) is 0 Å². The molecule has 0 radical (unpaired) electrons. The Labute approximate surface area is 97.3 Å². The number of carbonyl (C=O) groups is 2. The van der Waals surface area contributed by atoms with Crippen LogP contribution >= 0.6 is 0 Å². The van der Waals surface area contributed by atoms with E-state index >= 15 is 0 Å². The number of carbonyl (C=O) groups excluding carboxylic acids is 2. The molecule has 0 saturated carbocycles. The molecule has 0 aromatic rings. The van der Waals surface area contributed by atoms with Crippen LogP contribution in [0.25, 0.3) is 0 Å². The molecule has 0 spiro atoms. The van der Waals surface area contributed by atoms with E-state index in [0.717, 1.165) is 6.42 Å². The molecule has 0 aromatic heterocycles. The van der Waals surface area contributed by atoms with Crippen molar-refractivity contribution in [3.8, 4) is 0 Å². The smallest absolute Gasteiger partial charge is 0.306 e. The van der Waals surface area contributed by atoms with Crippen molar-refractivity contribution in [1.29, 1.82) is 0 Å². The Bertz CT molecular complexity index is 225. The van der Waals surface area contributed by atoms with Crippen LogP contribution in [0.3, 0.4) is 0 Å². The second-order valence-electron chi connectivity index (χ2n) is 3.81. The Morgan fingerprint density at radius 3 is 2.25 bits per heavy atom. The molecule has 4 heteroatoms. The lowest BCUT2D eigenvalue weighted by atomic mass is 9.96. The first-order valence-corrected chi connectivity index (χ1v) is 5.77. The predicted octanol–water partition coefficient (Wildman–Crippen LogP) is 1.96. The summed E-state index contributed by atoms with van der Waals surface area (Å²) >= 11 is 0. The normalized spacial score (nSPS) is 14.2. The van der Waals surface area contributed by atoms with E-state index in [1.807, 2.05) is 13.8 Å². The van der Waals surface area contributed by atoms with Gasteiger partial charge in [-0.05, 0) is 12.8 Å². The van der Waals surface area contributed by atoms with E-state index in [1.165, 1.54) is 7.11 Å². The van der Waals surface area contributed by atoms with Gasteiger partial charge >= 0.3 is 5.97 Å². The molecule has 0 N–H and O–H groups in total. The summed E-state index contributed by atoms with van der Waals surface area (Å²) in [4.78, 5) is 22.8. The molecule has 16 heavy (non-hydrogen) atoms. The molecule has 0 heterocycles. The Hall–Kier alpha value is -0.900. The van der Waals surface area contributed by atoms with Crippen LogP contribution in [0.5, 0.6) is 0 Å². The van der Waals surface area contributed by atoms with Gasteiger partial charge in [0, 0.05) is 13.5 Å². The maximum Gasteiger partial charge on any atom is 0.306 e. The Kier molecular flexibility index (Phi) is 7.81. The number of hydrogen-bond acceptors (Lipinski definition) is 4. The zero-order chi connectivity index (χ0) is 12.6. The first-order chi connectivity index (χ1) is 7.56. The minimum absolute atomic E-state index is 0.0232. The number of ether oxygens (including phenoxy) is 2. The lowest BCUT2D eigenvalue weighted by Crippen LogP contribution is -2.30. The molecule has 2 atom stereocenters. The second kappa shape index (κ2) is 8.28. The molecule has 0 aliphatic rings. The molecular formula is C12H22O4. The molecule has 0 amide bonds. The molecule has 4 nitrogen and oxygen atoms in total. The summed E-state index contributed by atoms with van der Waals surface area (Å²) in [6.07, 6.45) is 0.813. The molecule has 2 unspecified atom stereocenters. The fraction of sp³-hybridized carbons (Fsp3) is 0.833. The summed E-state index contributed by atoms with van der Waals surface area (Å²) in [5.41, 5.74) is 0. The van der Waals surface area contributed by atoms with E-state index in [-0.39, 0.29) is 30.5 Å². The highest BCUT2D eigenvalue weighted by Crippen LogP contribution is 2.14. The van der Waals surface area contributed by atoms with Crippen molar-refractivity contribution in [2.24, 2.45) is 5.92 Å². The second-order valence-corrected chi connectivity index (χ2v) is 3.81. The summed E-state index contributed by atoms with van der Waals surface area (Å²) in [5.74, 6) is -0.167. The van der Waals surface area contributed by atoms with Gasteiger partial charge in [-0.25, -0.2) is 0 Å². The molecule has 0 aromatic carbocycles. The highest BCUT2D eigenvalue weighted by atomic mass is 16.5. The number of hydrogen-bond donors (Lipinski definition) is 0. The third-order valence-corrected chi connectivity index (χ3v) is 2.61. The number of methoxy groups -OCH3 is 1. The monoisotopic (exact) mass is 230 g/mol. The minimum Gasteiger partial charge on any atom is -0.466 e. The van der Waals surface area contributed by atoms with Crippen molar-refractivity contribution >= 4 is 11.8 Å². The van der Waals surface area contributed by atoms with Gasteiger partial charge in [0.15, 0.2) is 5.78 Å². The SMILES string of the molecule is CCOC(=O)CCC(=O)C(OC)C(C)CC.